The molecule has 0 spiro atoms. The molecule has 2 aliphatic carbocycles. The quantitative estimate of drug-likeness (QED) is 0.636. The van der Waals surface area contributed by atoms with Crippen LogP contribution in [0.3, 0.4) is 0 Å². The number of halogens is 1. The van der Waals surface area contributed by atoms with Gasteiger partial charge in [0.1, 0.15) is 5.82 Å². The maximum Gasteiger partial charge on any atom is 0.331 e. The van der Waals surface area contributed by atoms with Gasteiger partial charge in [-0.2, -0.15) is 0 Å². The highest BCUT2D eigenvalue weighted by atomic mass is 19.1. The fourth-order valence-electron chi connectivity index (χ4n) is 4.23. The molecular formula is C20H24FNO3. The van der Waals surface area contributed by atoms with Gasteiger partial charge in [-0.1, -0.05) is 18.6 Å². The Bertz CT molecular complexity index is 655. The second-order valence-corrected chi connectivity index (χ2v) is 7.19. The van der Waals surface area contributed by atoms with E-state index >= 15 is 0 Å². The van der Waals surface area contributed by atoms with Crippen LogP contribution in [0.4, 0.5) is 4.39 Å². The van der Waals surface area contributed by atoms with Gasteiger partial charge in [0, 0.05) is 12.1 Å². The molecule has 0 aromatic heterocycles. The van der Waals surface area contributed by atoms with Crippen molar-refractivity contribution in [3.8, 4) is 0 Å². The van der Waals surface area contributed by atoms with Gasteiger partial charge in [-0.05, 0) is 67.7 Å². The Kier molecular flexibility index (Phi) is 5.51. The molecule has 1 N–H and O–H groups in total. The second-order valence-electron chi connectivity index (χ2n) is 7.19. The number of hydrogen-bond acceptors (Lipinski definition) is 3. The molecule has 2 bridgehead atoms. The molecule has 3 rings (SSSR count). The Morgan fingerprint density at radius 2 is 2.04 bits per heavy atom. The summed E-state index contributed by atoms with van der Waals surface area (Å²) in [5.74, 6) is 0.939. The number of fused-ring (bicyclic) bond motifs is 2. The third-order valence-electron chi connectivity index (χ3n) is 5.45. The molecule has 4 atom stereocenters. The minimum Gasteiger partial charge on any atom is -0.452 e. The van der Waals surface area contributed by atoms with E-state index in [4.69, 9.17) is 4.74 Å². The first-order valence-electron chi connectivity index (χ1n) is 8.91. The monoisotopic (exact) mass is 345 g/mol. The summed E-state index contributed by atoms with van der Waals surface area (Å²) in [6, 6.07) is 5.87. The molecule has 0 heterocycles. The Hall–Kier alpha value is -2.17. The summed E-state index contributed by atoms with van der Waals surface area (Å²) in [5.41, 5.74) is 0.688. The van der Waals surface area contributed by atoms with Crippen molar-refractivity contribution < 1.29 is 18.7 Å². The van der Waals surface area contributed by atoms with E-state index in [1.54, 1.807) is 12.1 Å². The molecule has 0 aliphatic heterocycles. The second kappa shape index (κ2) is 7.81. The van der Waals surface area contributed by atoms with Gasteiger partial charge in [0.05, 0.1) is 0 Å². The molecule has 1 aromatic carbocycles. The summed E-state index contributed by atoms with van der Waals surface area (Å²) < 4.78 is 17.8. The topological polar surface area (TPSA) is 55.4 Å². The smallest absolute Gasteiger partial charge is 0.331 e. The molecule has 1 aromatic rings. The molecule has 2 fully saturated rings. The first-order chi connectivity index (χ1) is 12.0. The van der Waals surface area contributed by atoms with Crippen LogP contribution >= 0.6 is 0 Å². The predicted octanol–water partition coefficient (Wildman–Crippen LogP) is 3.32. The Labute approximate surface area is 147 Å². The van der Waals surface area contributed by atoms with E-state index in [1.807, 2.05) is 6.92 Å². The van der Waals surface area contributed by atoms with Crippen LogP contribution in [0.15, 0.2) is 30.3 Å². The third-order valence-corrected chi connectivity index (χ3v) is 5.45. The van der Waals surface area contributed by atoms with Crippen molar-refractivity contribution in [2.24, 2.45) is 17.8 Å². The van der Waals surface area contributed by atoms with E-state index in [2.05, 4.69) is 5.32 Å². The van der Waals surface area contributed by atoms with E-state index in [1.165, 1.54) is 50.0 Å². The SMILES string of the molecule is CC(NC(=O)COC(=O)C=Cc1ccc(F)cc1)C1CC2CCC1C2. The maximum atomic E-state index is 12.8. The number of ether oxygens (including phenoxy) is 1. The van der Waals surface area contributed by atoms with Gasteiger partial charge < -0.3 is 10.1 Å². The van der Waals surface area contributed by atoms with Gasteiger partial charge in [-0.15, -0.1) is 0 Å². The van der Waals surface area contributed by atoms with E-state index in [0.29, 0.717) is 11.5 Å². The predicted molar refractivity (Wildman–Crippen MR) is 92.9 cm³/mol. The first-order valence-corrected chi connectivity index (χ1v) is 8.91. The zero-order chi connectivity index (χ0) is 17.8. The standard InChI is InChI=1S/C20H24FNO3/c1-13(18-11-15-2-6-16(18)10-15)22-19(23)12-25-20(24)9-5-14-3-7-17(21)8-4-14/h3-5,7-9,13,15-16,18H,2,6,10-12H2,1H3,(H,22,23). The van der Waals surface area contributed by atoms with Crippen LogP contribution in [0.2, 0.25) is 0 Å². The van der Waals surface area contributed by atoms with Gasteiger partial charge in [0.2, 0.25) is 0 Å². The molecule has 2 aliphatic rings. The van der Waals surface area contributed by atoms with E-state index in [-0.39, 0.29) is 24.4 Å². The Morgan fingerprint density at radius 1 is 1.28 bits per heavy atom. The highest BCUT2D eigenvalue weighted by molar-refractivity contribution is 5.89. The number of carbonyl (C=O) groups excluding carboxylic acids is 2. The van der Waals surface area contributed by atoms with Crippen molar-refractivity contribution in [1.82, 2.24) is 5.32 Å². The molecule has 4 nitrogen and oxygen atoms in total. The molecule has 4 unspecified atom stereocenters. The minimum atomic E-state index is -0.591. The molecule has 0 radical (unpaired) electrons. The van der Waals surface area contributed by atoms with Crippen molar-refractivity contribution >= 4 is 18.0 Å². The number of benzene rings is 1. The minimum absolute atomic E-state index is 0.122. The van der Waals surface area contributed by atoms with Gasteiger partial charge in [-0.3, -0.25) is 4.79 Å². The van der Waals surface area contributed by atoms with Crippen molar-refractivity contribution in [3.05, 3.63) is 41.7 Å². The van der Waals surface area contributed by atoms with E-state index < -0.39 is 5.97 Å². The molecule has 1 amide bonds. The average Bonchev–Trinajstić information content (AvgIpc) is 3.23. The zero-order valence-electron chi connectivity index (χ0n) is 14.4. The summed E-state index contributed by atoms with van der Waals surface area (Å²) in [7, 11) is 0. The normalized spacial score (nSPS) is 25.9. The number of esters is 1. The Morgan fingerprint density at radius 3 is 2.68 bits per heavy atom. The fraction of sp³-hybridized carbons (Fsp3) is 0.500. The fourth-order valence-corrected chi connectivity index (χ4v) is 4.23. The van der Waals surface area contributed by atoms with Crippen LogP contribution < -0.4 is 5.32 Å². The van der Waals surface area contributed by atoms with Crippen LogP contribution in [-0.4, -0.2) is 24.5 Å². The van der Waals surface area contributed by atoms with Crippen molar-refractivity contribution in [2.45, 2.75) is 38.6 Å². The lowest BCUT2D eigenvalue weighted by Gasteiger charge is -2.28. The maximum absolute atomic E-state index is 12.8. The largest absolute Gasteiger partial charge is 0.452 e. The van der Waals surface area contributed by atoms with Crippen molar-refractivity contribution in [2.75, 3.05) is 6.61 Å². The summed E-state index contributed by atoms with van der Waals surface area (Å²) in [5, 5.41) is 2.96. The Balaban J connectivity index is 1.39. The number of nitrogens with one attached hydrogen (secondary N) is 1. The summed E-state index contributed by atoms with van der Waals surface area (Å²) in [4.78, 5) is 23.6. The van der Waals surface area contributed by atoms with Crippen molar-refractivity contribution in [1.29, 1.82) is 0 Å². The molecule has 5 heteroatoms. The summed E-state index contributed by atoms with van der Waals surface area (Å²) in [6.45, 7) is 1.76. The van der Waals surface area contributed by atoms with Gasteiger partial charge >= 0.3 is 5.97 Å². The lowest BCUT2D eigenvalue weighted by atomic mass is 9.84. The molecule has 0 saturated heterocycles. The summed E-state index contributed by atoms with van der Waals surface area (Å²) >= 11 is 0. The van der Waals surface area contributed by atoms with Gasteiger partial charge in [-0.25, -0.2) is 9.18 Å². The van der Waals surface area contributed by atoms with Crippen molar-refractivity contribution in [3.63, 3.8) is 0 Å². The highest BCUT2D eigenvalue weighted by Crippen LogP contribution is 2.49. The van der Waals surface area contributed by atoms with Crippen LogP contribution in [-0.2, 0) is 14.3 Å². The van der Waals surface area contributed by atoms with E-state index in [9.17, 15) is 14.0 Å². The summed E-state index contributed by atoms with van der Waals surface area (Å²) in [6.07, 6.45) is 7.87. The lowest BCUT2D eigenvalue weighted by molar-refractivity contribution is -0.144. The molecular weight excluding hydrogens is 321 g/mol. The van der Waals surface area contributed by atoms with Crippen LogP contribution in [0.5, 0.6) is 0 Å². The number of carbonyl (C=O) groups is 2. The zero-order valence-corrected chi connectivity index (χ0v) is 14.4. The van der Waals surface area contributed by atoms with Gasteiger partial charge in [0.15, 0.2) is 6.61 Å². The van der Waals surface area contributed by atoms with Gasteiger partial charge in [0.25, 0.3) is 5.91 Å². The van der Waals surface area contributed by atoms with Crippen LogP contribution in [0.25, 0.3) is 6.08 Å². The van der Waals surface area contributed by atoms with Crippen LogP contribution in [0, 0.1) is 23.6 Å². The molecule has 134 valence electrons. The van der Waals surface area contributed by atoms with E-state index in [0.717, 1.165) is 11.8 Å². The molecule has 2 saturated carbocycles. The highest BCUT2D eigenvalue weighted by Gasteiger charge is 2.42. The third kappa shape index (κ3) is 4.68. The lowest BCUT2D eigenvalue weighted by Crippen LogP contribution is -2.41. The molecule has 25 heavy (non-hydrogen) atoms. The number of rotatable bonds is 6. The average molecular weight is 345 g/mol. The first kappa shape index (κ1) is 17.6. The number of hydrogen-bond donors (Lipinski definition) is 1. The van der Waals surface area contributed by atoms with Crippen LogP contribution in [0.1, 0.15) is 38.2 Å². The number of amides is 1.